The van der Waals surface area contributed by atoms with Crippen LogP contribution in [-0.2, 0) is 30.5 Å². The lowest BCUT2D eigenvalue weighted by Crippen LogP contribution is -2.54. The largest absolute Gasteiger partial charge is 0.542 e. The molecule has 3 N–H and O–H groups in total. The Morgan fingerprint density at radius 3 is 2.45 bits per heavy atom. The molecule has 0 saturated carbocycles. The molecule has 0 aliphatic carbocycles. The minimum atomic E-state index is -5.19. The predicted molar refractivity (Wildman–Crippen MR) is 131 cm³/mol. The highest BCUT2D eigenvalue weighted by atomic mass is 19.4. The third-order valence-electron chi connectivity index (χ3n) is 5.66. The number of anilines is 1. The Labute approximate surface area is 235 Å². The van der Waals surface area contributed by atoms with Crippen molar-refractivity contribution in [1.82, 2.24) is 10.1 Å². The van der Waals surface area contributed by atoms with Gasteiger partial charge in [-0.15, -0.1) is 0 Å². The Bertz CT molecular complexity index is 1440. The van der Waals surface area contributed by atoms with Crippen LogP contribution in [0, 0.1) is 5.82 Å². The fourth-order valence-electron chi connectivity index (χ4n) is 3.58. The molecule has 1 atom stereocenters. The maximum Gasteiger partial charge on any atom is 0.430 e. The number of carbonyl (C=O) groups excluding carboxylic acids is 4. The quantitative estimate of drug-likeness (QED) is 0.283. The van der Waals surface area contributed by atoms with Gasteiger partial charge in [-0.1, -0.05) is 11.2 Å². The van der Waals surface area contributed by atoms with Gasteiger partial charge in [0.1, 0.15) is 29.4 Å². The van der Waals surface area contributed by atoms with E-state index in [-0.39, 0.29) is 25.5 Å². The number of rotatable bonds is 9. The number of hydrogen-bond acceptors (Lipinski definition) is 10. The van der Waals surface area contributed by atoms with Gasteiger partial charge in [0.15, 0.2) is 18.9 Å². The average molecular weight is 596 g/mol. The normalized spacial score (nSPS) is 14.6. The molecule has 1 fully saturated rings. The van der Waals surface area contributed by atoms with Gasteiger partial charge in [-0.25, -0.2) is 14.0 Å². The molecule has 2 aromatic heterocycles. The number of ether oxygens (including phenoxy) is 2. The first-order valence-corrected chi connectivity index (χ1v) is 12.2. The van der Waals surface area contributed by atoms with E-state index >= 15 is 0 Å². The SMILES string of the molecule is CC(=O)CC[C@H]1CN(c2ccc(-c3ccc(-c4cc(COC(=O)C[NH3+])on4)nc3)c(F)c2)C(=O)O1.O=C([O-])C(F)(F)F. The number of carbonyl (C=O) groups is 4. The van der Waals surface area contributed by atoms with Crippen molar-refractivity contribution < 1.29 is 61.6 Å². The summed E-state index contributed by atoms with van der Waals surface area (Å²) < 4.78 is 61.9. The fraction of sp³-hybridized carbons (Fsp3) is 0.308. The minimum absolute atomic E-state index is 0.0192. The zero-order valence-corrected chi connectivity index (χ0v) is 22.0. The number of ketones is 1. The molecule has 3 heterocycles. The first kappa shape index (κ1) is 31.7. The number of quaternary nitrogens is 1. The Balaban J connectivity index is 0.000000616. The van der Waals surface area contributed by atoms with Gasteiger partial charge >= 0.3 is 18.2 Å². The zero-order valence-electron chi connectivity index (χ0n) is 22.0. The summed E-state index contributed by atoms with van der Waals surface area (Å²) in [7, 11) is 0. The minimum Gasteiger partial charge on any atom is -0.542 e. The van der Waals surface area contributed by atoms with Gasteiger partial charge in [0.25, 0.3) is 0 Å². The number of esters is 1. The molecule has 224 valence electrons. The summed E-state index contributed by atoms with van der Waals surface area (Å²) in [6.45, 7) is 1.71. The monoisotopic (exact) mass is 596 g/mol. The summed E-state index contributed by atoms with van der Waals surface area (Å²) in [5.74, 6) is -3.60. The van der Waals surface area contributed by atoms with E-state index in [0.717, 1.165) is 0 Å². The molecule has 1 aliphatic heterocycles. The average Bonchev–Trinajstić information content (AvgIpc) is 3.57. The van der Waals surface area contributed by atoms with E-state index in [4.69, 9.17) is 23.9 Å². The highest BCUT2D eigenvalue weighted by Crippen LogP contribution is 2.30. The van der Waals surface area contributed by atoms with Crippen LogP contribution in [0.4, 0.5) is 28.0 Å². The molecule has 0 spiro atoms. The Kier molecular flexibility index (Phi) is 10.3. The van der Waals surface area contributed by atoms with Crippen molar-refractivity contribution >= 4 is 29.5 Å². The fourth-order valence-corrected chi connectivity index (χ4v) is 3.58. The third kappa shape index (κ3) is 8.57. The topological polar surface area (TPSA) is 180 Å². The van der Waals surface area contributed by atoms with E-state index in [1.165, 1.54) is 24.1 Å². The van der Waals surface area contributed by atoms with Gasteiger partial charge in [0.05, 0.1) is 17.9 Å². The van der Waals surface area contributed by atoms with Crippen molar-refractivity contribution in [1.29, 1.82) is 0 Å². The molecule has 12 nitrogen and oxygen atoms in total. The van der Waals surface area contributed by atoms with Crippen molar-refractivity contribution in [2.75, 3.05) is 18.0 Å². The molecule has 1 aromatic carbocycles. The molecule has 0 bridgehead atoms. The summed E-state index contributed by atoms with van der Waals surface area (Å²) in [5, 5.41) is 12.7. The molecular weight excluding hydrogens is 572 g/mol. The summed E-state index contributed by atoms with van der Waals surface area (Å²) in [4.78, 5) is 49.1. The van der Waals surface area contributed by atoms with E-state index in [1.54, 1.807) is 30.3 Å². The number of Topliss-reactive ketones (excluding diaryl/α,β-unsaturated/α-hetero) is 1. The number of nitrogens with zero attached hydrogens (tertiary/aromatic N) is 3. The van der Waals surface area contributed by atoms with Crippen molar-refractivity contribution in [2.24, 2.45) is 0 Å². The van der Waals surface area contributed by atoms with Crippen LogP contribution in [0.15, 0.2) is 47.1 Å². The number of carboxylic acids is 1. The summed E-state index contributed by atoms with van der Waals surface area (Å²) in [6, 6.07) is 9.45. The second kappa shape index (κ2) is 13.7. The first-order valence-electron chi connectivity index (χ1n) is 12.2. The predicted octanol–water partition coefficient (Wildman–Crippen LogP) is 1.82. The number of hydrogen-bond donors (Lipinski definition) is 1. The molecule has 3 aromatic rings. The van der Waals surface area contributed by atoms with E-state index in [0.29, 0.717) is 46.8 Å². The Morgan fingerprint density at radius 1 is 1.17 bits per heavy atom. The van der Waals surface area contributed by atoms with Gasteiger partial charge in [-0.3, -0.25) is 9.88 Å². The van der Waals surface area contributed by atoms with Gasteiger partial charge in [-0.05, 0) is 37.6 Å². The first-order chi connectivity index (χ1) is 19.8. The van der Waals surface area contributed by atoms with E-state index in [2.05, 4.69) is 15.9 Å². The highest BCUT2D eigenvalue weighted by molar-refractivity contribution is 5.90. The second-order valence-electron chi connectivity index (χ2n) is 8.83. The van der Waals surface area contributed by atoms with Crippen LogP contribution in [0.1, 0.15) is 25.5 Å². The highest BCUT2D eigenvalue weighted by Gasteiger charge is 2.32. The second-order valence-corrected chi connectivity index (χ2v) is 8.83. The Morgan fingerprint density at radius 2 is 1.88 bits per heavy atom. The number of halogens is 4. The van der Waals surface area contributed by atoms with Crippen molar-refractivity contribution in [3.05, 3.63) is 54.2 Å². The molecule has 0 unspecified atom stereocenters. The van der Waals surface area contributed by atoms with E-state index < -0.39 is 36.1 Å². The van der Waals surface area contributed by atoms with Gasteiger partial charge < -0.3 is 34.4 Å². The lowest BCUT2D eigenvalue weighted by atomic mass is 10.1. The standard InChI is InChI=1S/C24H23FN4O6.C2HF3O2/c1-14(30)2-5-17-12-29(24(32)34-17)16-4-6-19(20(25)8-16)15-3-7-21(27-11-15)22-9-18(35-28-22)13-33-23(31)10-26;3-2(4,5)1(6)7/h3-4,6-9,11,17H,2,5,10,12-13,26H2,1H3;(H,6,7)/t17-;/m0./s1. The number of benzene rings is 1. The van der Waals surface area contributed by atoms with Gasteiger partial charge in [0.2, 0.25) is 0 Å². The van der Waals surface area contributed by atoms with Gasteiger partial charge in [0, 0.05) is 29.8 Å². The zero-order chi connectivity index (χ0) is 31.0. The maximum absolute atomic E-state index is 14.9. The molecule has 1 aliphatic rings. The number of pyridine rings is 1. The van der Waals surface area contributed by atoms with Crippen LogP contribution in [-0.4, -0.2) is 59.3 Å². The number of alkyl halides is 3. The maximum atomic E-state index is 14.9. The van der Waals surface area contributed by atoms with Crippen LogP contribution in [0.25, 0.3) is 22.5 Å². The van der Waals surface area contributed by atoms with E-state index in [9.17, 15) is 31.9 Å². The van der Waals surface area contributed by atoms with Crippen LogP contribution >= 0.6 is 0 Å². The number of aromatic nitrogens is 2. The van der Waals surface area contributed by atoms with Crippen molar-refractivity contribution in [3.63, 3.8) is 0 Å². The summed E-state index contributed by atoms with van der Waals surface area (Å²) in [5.41, 5.74) is 5.61. The number of amides is 1. The molecule has 4 rings (SSSR count). The molecule has 16 heteroatoms. The Hall–Kier alpha value is -4.86. The van der Waals surface area contributed by atoms with Crippen molar-refractivity contribution in [3.8, 4) is 22.5 Å². The molecule has 42 heavy (non-hydrogen) atoms. The van der Waals surface area contributed by atoms with Crippen LogP contribution in [0.3, 0.4) is 0 Å². The van der Waals surface area contributed by atoms with Crippen LogP contribution in [0.2, 0.25) is 0 Å². The van der Waals surface area contributed by atoms with Crippen molar-refractivity contribution in [2.45, 2.75) is 38.7 Å². The molecule has 0 radical (unpaired) electrons. The number of aliphatic carboxylic acids is 1. The third-order valence-corrected chi connectivity index (χ3v) is 5.66. The van der Waals surface area contributed by atoms with Crippen LogP contribution in [0.5, 0.6) is 0 Å². The lowest BCUT2D eigenvalue weighted by molar-refractivity contribution is -0.360. The number of carboxylic acid groups (broad SMARTS) is 1. The van der Waals surface area contributed by atoms with Gasteiger partial charge in [-0.2, -0.15) is 13.2 Å². The van der Waals surface area contributed by atoms with E-state index in [1.807, 2.05) is 0 Å². The van der Waals surface area contributed by atoms with Crippen LogP contribution < -0.4 is 15.7 Å². The number of cyclic esters (lactones) is 1. The lowest BCUT2D eigenvalue weighted by Gasteiger charge is -2.14. The smallest absolute Gasteiger partial charge is 0.430 e. The molecule has 1 amide bonds. The molecular formula is C26H24F4N4O8. The molecule has 1 saturated heterocycles. The summed E-state index contributed by atoms with van der Waals surface area (Å²) in [6.07, 6.45) is -3.90. The summed E-state index contributed by atoms with van der Waals surface area (Å²) >= 11 is 0.